The largest absolute Gasteiger partial charge is 0.536 e. The molecule has 0 amide bonds. The van der Waals surface area contributed by atoms with Crippen molar-refractivity contribution in [3.05, 3.63) is 65.7 Å². The van der Waals surface area contributed by atoms with Crippen molar-refractivity contribution in [3.63, 3.8) is 0 Å². The Bertz CT molecular complexity index is 471. The van der Waals surface area contributed by atoms with Crippen LogP contribution in [-0.4, -0.2) is 12.1 Å². The molecular weight excluding hydrogens is 211 g/mol. The molecule has 0 saturated heterocycles. The van der Waals surface area contributed by atoms with Crippen molar-refractivity contribution in [1.82, 2.24) is 0 Å². The second-order valence-corrected chi connectivity index (χ2v) is 4.02. The summed E-state index contributed by atoms with van der Waals surface area (Å²) in [6.07, 6.45) is 0.502. The first kappa shape index (κ1) is 11.7. The van der Waals surface area contributed by atoms with Crippen molar-refractivity contribution in [1.29, 1.82) is 0 Å². The van der Waals surface area contributed by atoms with Gasteiger partial charge >= 0.3 is 7.12 Å². The average molecular weight is 226 g/mol. The highest BCUT2D eigenvalue weighted by atomic mass is 16.5. The van der Waals surface area contributed by atoms with Gasteiger partial charge < -0.3 is 9.68 Å². The van der Waals surface area contributed by atoms with Crippen LogP contribution in [0.2, 0.25) is 0 Å². The van der Waals surface area contributed by atoms with Crippen molar-refractivity contribution >= 4 is 7.12 Å². The fourth-order valence-electron chi connectivity index (χ4n) is 1.73. The molecule has 0 bridgehead atoms. The van der Waals surface area contributed by atoms with Gasteiger partial charge in [0.05, 0.1) is 0 Å². The van der Waals surface area contributed by atoms with E-state index in [0.717, 1.165) is 5.56 Å². The maximum absolute atomic E-state index is 9.86. The molecule has 0 heterocycles. The quantitative estimate of drug-likeness (QED) is 0.812. The summed E-state index contributed by atoms with van der Waals surface area (Å²) < 4.78 is 5.43. The van der Waals surface area contributed by atoms with Crippen LogP contribution in [0, 0.1) is 6.92 Å². The topological polar surface area (TPSA) is 29.5 Å². The molecule has 0 unspecified atom stereocenters. The standard InChI is InChI=1S/C14H15BO2/c1-12-7-5-6-8-13(12)11-15(16)17-14-9-3-2-4-10-14/h2-10,16H,11H2,1H3. The summed E-state index contributed by atoms with van der Waals surface area (Å²) in [5.74, 6) is 0.689. The van der Waals surface area contributed by atoms with Crippen LogP contribution >= 0.6 is 0 Å². The number of aryl methyl sites for hydroxylation is 1. The summed E-state index contributed by atoms with van der Waals surface area (Å²) in [5.41, 5.74) is 2.28. The summed E-state index contributed by atoms with van der Waals surface area (Å²) in [6, 6.07) is 17.4. The van der Waals surface area contributed by atoms with Crippen LogP contribution < -0.4 is 4.65 Å². The molecule has 0 fully saturated rings. The van der Waals surface area contributed by atoms with Gasteiger partial charge in [-0.25, -0.2) is 0 Å². The first-order valence-electron chi connectivity index (χ1n) is 5.70. The smallest absolute Gasteiger partial charge is 0.527 e. The Morgan fingerprint density at radius 2 is 1.65 bits per heavy atom. The fourth-order valence-corrected chi connectivity index (χ4v) is 1.73. The van der Waals surface area contributed by atoms with Crippen molar-refractivity contribution in [2.75, 3.05) is 0 Å². The lowest BCUT2D eigenvalue weighted by Crippen LogP contribution is -2.25. The Kier molecular flexibility index (Phi) is 3.83. The number of benzene rings is 2. The number of rotatable bonds is 4. The number of para-hydroxylation sites is 1. The van der Waals surface area contributed by atoms with E-state index in [9.17, 15) is 5.02 Å². The van der Waals surface area contributed by atoms with E-state index in [4.69, 9.17) is 4.65 Å². The summed E-state index contributed by atoms with van der Waals surface area (Å²) in [7, 11) is -0.807. The van der Waals surface area contributed by atoms with E-state index >= 15 is 0 Å². The average Bonchev–Trinajstić information content (AvgIpc) is 2.33. The molecule has 2 rings (SSSR count). The molecule has 17 heavy (non-hydrogen) atoms. The van der Waals surface area contributed by atoms with Crippen LogP contribution in [0.1, 0.15) is 11.1 Å². The SMILES string of the molecule is Cc1ccccc1CB(O)Oc1ccccc1. The predicted molar refractivity (Wildman–Crippen MR) is 69.9 cm³/mol. The number of hydrogen-bond donors (Lipinski definition) is 1. The van der Waals surface area contributed by atoms with E-state index in [-0.39, 0.29) is 0 Å². The van der Waals surface area contributed by atoms with E-state index in [0.29, 0.717) is 12.1 Å². The zero-order valence-electron chi connectivity index (χ0n) is 9.84. The first-order valence-corrected chi connectivity index (χ1v) is 5.70. The van der Waals surface area contributed by atoms with Crippen molar-refractivity contribution in [2.24, 2.45) is 0 Å². The van der Waals surface area contributed by atoms with Gasteiger partial charge in [0.2, 0.25) is 0 Å². The minimum atomic E-state index is -0.807. The second-order valence-electron chi connectivity index (χ2n) is 4.02. The molecule has 2 aromatic carbocycles. The van der Waals surface area contributed by atoms with Gasteiger partial charge in [-0.1, -0.05) is 42.5 Å². The van der Waals surface area contributed by atoms with E-state index in [1.165, 1.54) is 5.56 Å². The zero-order chi connectivity index (χ0) is 12.1. The summed E-state index contributed by atoms with van der Waals surface area (Å²) in [6.45, 7) is 2.03. The van der Waals surface area contributed by atoms with Crippen LogP contribution in [0.15, 0.2) is 54.6 Å². The Labute approximate surface area is 102 Å². The number of hydrogen-bond acceptors (Lipinski definition) is 2. The summed E-state index contributed by atoms with van der Waals surface area (Å²) in [5, 5.41) is 9.86. The molecule has 0 spiro atoms. The van der Waals surface area contributed by atoms with Crippen molar-refractivity contribution in [2.45, 2.75) is 13.2 Å². The van der Waals surface area contributed by atoms with Crippen LogP contribution in [0.5, 0.6) is 5.75 Å². The Morgan fingerprint density at radius 1 is 1.00 bits per heavy atom. The second kappa shape index (κ2) is 5.55. The lowest BCUT2D eigenvalue weighted by Gasteiger charge is -2.11. The molecule has 2 aromatic rings. The molecule has 0 aliphatic rings. The molecule has 0 radical (unpaired) electrons. The third-order valence-electron chi connectivity index (χ3n) is 2.67. The molecule has 86 valence electrons. The van der Waals surface area contributed by atoms with Crippen LogP contribution in [0.25, 0.3) is 0 Å². The van der Waals surface area contributed by atoms with Gasteiger partial charge in [-0.15, -0.1) is 0 Å². The van der Waals surface area contributed by atoms with Gasteiger partial charge in [-0.05, 0) is 30.2 Å². The Morgan fingerprint density at radius 3 is 2.35 bits per heavy atom. The molecule has 0 saturated carbocycles. The lowest BCUT2D eigenvalue weighted by atomic mass is 9.79. The molecule has 0 aromatic heterocycles. The third-order valence-corrected chi connectivity index (χ3v) is 2.67. The maximum Gasteiger partial charge on any atom is 0.527 e. The van der Waals surface area contributed by atoms with Gasteiger partial charge in [-0.2, -0.15) is 0 Å². The van der Waals surface area contributed by atoms with E-state index in [1.54, 1.807) is 0 Å². The van der Waals surface area contributed by atoms with Gasteiger partial charge in [0.15, 0.2) is 0 Å². The van der Waals surface area contributed by atoms with E-state index < -0.39 is 7.12 Å². The third kappa shape index (κ3) is 3.36. The normalized spacial score (nSPS) is 10.0. The fraction of sp³-hybridized carbons (Fsp3) is 0.143. The predicted octanol–water partition coefficient (Wildman–Crippen LogP) is 2.64. The van der Waals surface area contributed by atoms with Gasteiger partial charge in [0, 0.05) is 6.32 Å². The van der Waals surface area contributed by atoms with E-state index in [2.05, 4.69) is 0 Å². The van der Waals surface area contributed by atoms with E-state index in [1.807, 2.05) is 61.5 Å². The molecule has 3 heteroatoms. The van der Waals surface area contributed by atoms with Crippen molar-refractivity contribution < 1.29 is 9.68 Å². The lowest BCUT2D eigenvalue weighted by molar-refractivity contribution is 0.413. The van der Waals surface area contributed by atoms with Gasteiger partial charge in [0.1, 0.15) is 5.75 Å². The van der Waals surface area contributed by atoms with Gasteiger partial charge in [-0.3, -0.25) is 0 Å². The van der Waals surface area contributed by atoms with Crippen LogP contribution in [0.3, 0.4) is 0 Å². The van der Waals surface area contributed by atoms with Crippen LogP contribution in [0.4, 0.5) is 0 Å². The van der Waals surface area contributed by atoms with Gasteiger partial charge in [0.25, 0.3) is 0 Å². The zero-order valence-corrected chi connectivity index (χ0v) is 9.84. The van der Waals surface area contributed by atoms with Crippen LogP contribution in [-0.2, 0) is 6.32 Å². The Balaban J connectivity index is 1.98. The molecule has 2 nitrogen and oxygen atoms in total. The molecule has 0 aliphatic carbocycles. The summed E-state index contributed by atoms with van der Waals surface area (Å²) >= 11 is 0. The summed E-state index contributed by atoms with van der Waals surface area (Å²) in [4.78, 5) is 0. The minimum Gasteiger partial charge on any atom is -0.536 e. The maximum atomic E-state index is 9.86. The molecule has 0 aliphatic heterocycles. The minimum absolute atomic E-state index is 0.502. The highest BCUT2D eigenvalue weighted by Crippen LogP contribution is 2.13. The van der Waals surface area contributed by atoms with Crippen molar-refractivity contribution in [3.8, 4) is 5.75 Å². The molecule has 0 atom stereocenters. The highest BCUT2D eigenvalue weighted by molar-refractivity contribution is 6.43. The highest BCUT2D eigenvalue weighted by Gasteiger charge is 2.16. The first-order chi connectivity index (χ1) is 8.25. The monoisotopic (exact) mass is 226 g/mol. The molecule has 1 N–H and O–H groups in total. The molecular formula is C14H15BO2. The Hall–Kier alpha value is -1.74.